The number of ether oxygens (including phenoxy) is 2. The molecule has 2 N–H and O–H groups in total. The first-order valence-electron chi connectivity index (χ1n) is 5.50. The first kappa shape index (κ1) is 12.2. The summed E-state index contributed by atoms with van der Waals surface area (Å²) in [6.45, 7) is 5.26. The summed E-state index contributed by atoms with van der Waals surface area (Å²) in [6, 6.07) is 0. The SMILES string of the molecule is CC1=CC(I)NC(OC[C@@H]2CNCCO2)=C1. The zero-order valence-electron chi connectivity index (χ0n) is 9.33. The molecule has 0 aromatic carbocycles. The van der Waals surface area contributed by atoms with Crippen LogP contribution >= 0.6 is 22.6 Å². The second-order valence-electron chi connectivity index (χ2n) is 3.97. The summed E-state index contributed by atoms with van der Waals surface area (Å²) in [5.74, 6) is 0.841. The fourth-order valence-corrected chi connectivity index (χ4v) is 2.57. The molecule has 0 spiro atoms. The van der Waals surface area contributed by atoms with Crippen molar-refractivity contribution in [1.29, 1.82) is 0 Å². The van der Waals surface area contributed by atoms with Gasteiger partial charge in [-0.05, 0) is 18.6 Å². The van der Waals surface area contributed by atoms with Crippen molar-refractivity contribution < 1.29 is 9.47 Å². The number of dihydropyridines is 1. The predicted molar refractivity (Wildman–Crippen MR) is 71.3 cm³/mol. The average Bonchev–Trinajstić information content (AvgIpc) is 2.27. The van der Waals surface area contributed by atoms with Gasteiger partial charge in [0, 0.05) is 19.2 Å². The third kappa shape index (κ3) is 3.64. The van der Waals surface area contributed by atoms with E-state index < -0.39 is 0 Å². The Morgan fingerprint density at radius 3 is 3.19 bits per heavy atom. The molecule has 5 heteroatoms. The molecule has 0 aliphatic carbocycles. The van der Waals surface area contributed by atoms with Gasteiger partial charge in [0.1, 0.15) is 12.7 Å². The van der Waals surface area contributed by atoms with E-state index >= 15 is 0 Å². The van der Waals surface area contributed by atoms with E-state index in [0.29, 0.717) is 10.7 Å². The molecule has 4 nitrogen and oxygen atoms in total. The zero-order valence-corrected chi connectivity index (χ0v) is 11.5. The molecule has 2 rings (SSSR count). The van der Waals surface area contributed by atoms with Crippen molar-refractivity contribution in [3.05, 3.63) is 23.6 Å². The van der Waals surface area contributed by atoms with Gasteiger partial charge >= 0.3 is 0 Å². The Labute approximate surface area is 110 Å². The number of morpholine rings is 1. The number of nitrogens with one attached hydrogen (secondary N) is 2. The quantitative estimate of drug-likeness (QED) is 0.461. The average molecular weight is 336 g/mol. The summed E-state index contributed by atoms with van der Waals surface area (Å²) in [6.07, 6.45) is 4.34. The van der Waals surface area contributed by atoms with Gasteiger partial charge in [-0.15, -0.1) is 0 Å². The topological polar surface area (TPSA) is 42.5 Å². The van der Waals surface area contributed by atoms with Crippen LogP contribution in [0, 0.1) is 0 Å². The van der Waals surface area contributed by atoms with Gasteiger partial charge < -0.3 is 20.1 Å². The van der Waals surface area contributed by atoms with Gasteiger partial charge in [0.25, 0.3) is 0 Å². The normalized spacial score (nSPS) is 30.1. The fourth-order valence-electron chi connectivity index (χ4n) is 1.70. The van der Waals surface area contributed by atoms with Crippen LogP contribution in [0.25, 0.3) is 0 Å². The Balaban J connectivity index is 1.79. The van der Waals surface area contributed by atoms with Crippen LogP contribution in [0.2, 0.25) is 0 Å². The highest BCUT2D eigenvalue weighted by Gasteiger charge is 2.16. The van der Waals surface area contributed by atoms with E-state index in [2.05, 4.69) is 46.2 Å². The molecule has 0 bridgehead atoms. The van der Waals surface area contributed by atoms with Crippen LogP contribution in [-0.2, 0) is 9.47 Å². The minimum atomic E-state index is 0.162. The summed E-state index contributed by atoms with van der Waals surface area (Å²) in [5.41, 5.74) is 1.23. The molecule has 0 aromatic rings. The lowest BCUT2D eigenvalue weighted by atomic mass is 10.2. The number of allylic oxidation sites excluding steroid dienone is 2. The highest BCUT2D eigenvalue weighted by Crippen LogP contribution is 2.15. The van der Waals surface area contributed by atoms with Crippen LogP contribution in [0.5, 0.6) is 0 Å². The summed E-state index contributed by atoms with van der Waals surface area (Å²) < 4.78 is 11.6. The van der Waals surface area contributed by atoms with Gasteiger partial charge in [-0.2, -0.15) is 0 Å². The van der Waals surface area contributed by atoms with E-state index in [0.717, 1.165) is 25.6 Å². The van der Waals surface area contributed by atoms with Crippen molar-refractivity contribution >= 4 is 22.6 Å². The highest BCUT2D eigenvalue weighted by molar-refractivity contribution is 14.1. The molecule has 2 aliphatic rings. The first-order chi connectivity index (χ1) is 7.74. The Hall–Kier alpha value is -0.270. The molecule has 16 heavy (non-hydrogen) atoms. The third-order valence-electron chi connectivity index (χ3n) is 2.48. The van der Waals surface area contributed by atoms with Gasteiger partial charge in [0.05, 0.1) is 10.7 Å². The lowest BCUT2D eigenvalue weighted by molar-refractivity contribution is -0.0181. The van der Waals surface area contributed by atoms with Crippen LogP contribution in [0.3, 0.4) is 0 Å². The van der Waals surface area contributed by atoms with Crippen molar-refractivity contribution in [1.82, 2.24) is 10.6 Å². The minimum Gasteiger partial charge on any atom is -0.476 e. The maximum absolute atomic E-state index is 5.70. The standard InChI is InChI=1S/C11H17IN2O2/c1-8-4-10(12)14-11(5-8)16-7-9-6-13-2-3-15-9/h4-5,9-10,13-14H,2-3,6-7H2,1H3/t9-,10?/m0/s1. The van der Waals surface area contributed by atoms with Crippen molar-refractivity contribution in [3.8, 4) is 0 Å². The van der Waals surface area contributed by atoms with E-state index in [1.54, 1.807) is 0 Å². The molecular formula is C11H17IN2O2. The van der Waals surface area contributed by atoms with Gasteiger partial charge in [-0.25, -0.2) is 0 Å². The van der Waals surface area contributed by atoms with Gasteiger partial charge in [-0.3, -0.25) is 0 Å². The largest absolute Gasteiger partial charge is 0.476 e. The van der Waals surface area contributed by atoms with E-state index in [4.69, 9.17) is 9.47 Å². The van der Waals surface area contributed by atoms with Crippen LogP contribution in [0.15, 0.2) is 23.6 Å². The molecule has 1 fully saturated rings. The summed E-state index contributed by atoms with van der Waals surface area (Å²) in [5, 5.41) is 6.54. The lowest BCUT2D eigenvalue weighted by Gasteiger charge is -2.26. The molecular weight excluding hydrogens is 319 g/mol. The molecule has 0 saturated carbocycles. The fraction of sp³-hybridized carbons (Fsp3) is 0.636. The number of halogens is 1. The maximum atomic E-state index is 5.70. The van der Waals surface area contributed by atoms with E-state index in [9.17, 15) is 0 Å². The van der Waals surface area contributed by atoms with E-state index in [-0.39, 0.29) is 6.10 Å². The van der Waals surface area contributed by atoms with E-state index in [1.165, 1.54) is 5.57 Å². The molecule has 0 amide bonds. The predicted octanol–water partition coefficient (Wildman–Crippen LogP) is 1.14. The minimum absolute atomic E-state index is 0.162. The second kappa shape index (κ2) is 5.88. The Kier molecular flexibility index (Phi) is 4.48. The zero-order chi connectivity index (χ0) is 11.4. The van der Waals surface area contributed by atoms with Crippen LogP contribution in [-0.4, -0.2) is 36.5 Å². The Bertz CT molecular complexity index is 298. The number of alkyl halides is 1. The summed E-state index contributed by atoms with van der Waals surface area (Å²) in [4.78, 5) is 0. The molecule has 2 aliphatic heterocycles. The molecule has 2 heterocycles. The molecule has 0 radical (unpaired) electrons. The Morgan fingerprint density at radius 1 is 1.62 bits per heavy atom. The van der Waals surface area contributed by atoms with Crippen LogP contribution < -0.4 is 10.6 Å². The maximum Gasteiger partial charge on any atom is 0.188 e. The Morgan fingerprint density at radius 2 is 2.50 bits per heavy atom. The summed E-state index contributed by atoms with van der Waals surface area (Å²) in [7, 11) is 0. The van der Waals surface area contributed by atoms with Crippen molar-refractivity contribution in [2.45, 2.75) is 17.1 Å². The lowest BCUT2D eigenvalue weighted by Crippen LogP contribution is -2.41. The van der Waals surface area contributed by atoms with Crippen molar-refractivity contribution in [2.75, 3.05) is 26.3 Å². The van der Waals surface area contributed by atoms with Crippen LogP contribution in [0.4, 0.5) is 0 Å². The van der Waals surface area contributed by atoms with Crippen molar-refractivity contribution in [2.24, 2.45) is 0 Å². The van der Waals surface area contributed by atoms with Gasteiger partial charge in [-0.1, -0.05) is 22.6 Å². The number of hydrogen-bond donors (Lipinski definition) is 2. The van der Waals surface area contributed by atoms with Gasteiger partial charge in [0.15, 0.2) is 5.88 Å². The second-order valence-corrected chi connectivity index (χ2v) is 5.32. The number of hydrogen-bond acceptors (Lipinski definition) is 4. The van der Waals surface area contributed by atoms with Crippen LogP contribution in [0.1, 0.15) is 6.92 Å². The van der Waals surface area contributed by atoms with Crippen molar-refractivity contribution in [3.63, 3.8) is 0 Å². The molecule has 2 atom stereocenters. The van der Waals surface area contributed by atoms with E-state index in [1.807, 2.05) is 6.08 Å². The molecule has 90 valence electrons. The highest BCUT2D eigenvalue weighted by atomic mass is 127. The number of rotatable bonds is 3. The molecule has 1 saturated heterocycles. The monoisotopic (exact) mass is 336 g/mol. The molecule has 0 aromatic heterocycles. The molecule has 1 unspecified atom stereocenters. The third-order valence-corrected chi connectivity index (χ3v) is 3.15. The van der Waals surface area contributed by atoms with Gasteiger partial charge in [0.2, 0.25) is 0 Å². The first-order valence-corrected chi connectivity index (χ1v) is 6.74. The summed E-state index contributed by atoms with van der Waals surface area (Å²) >= 11 is 2.33. The smallest absolute Gasteiger partial charge is 0.188 e.